The summed E-state index contributed by atoms with van der Waals surface area (Å²) in [6.07, 6.45) is 7.93. The van der Waals surface area contributed by atoms with Gasteiger partial charge >= 0.3 is 0 Å². The average Bonchev–Trinajstić information content (AvgIpc) is 3.16. The molecule has 1 fully saturated rings. The molecule has 31 heavy (non-hydrogen) atoms. The van der Waals surface area contributed by atoms with E-state index in [1.807, 2.05) is 30.8 Å². The first-order valence-electron chi connectivity index (χ1n) is 10.5. The molecule has 3 aromatic heterocycles. The normalized spacial score (nSPS) is 14.4. The molecule has 0 amide bonds. The van der Waals surface area contributed by atoms with Gasteiger partial charge in [0.15, 0.2) is 0 Å². The maximum absolute atomic E-state index is 4.91. The predicted octanol–water partition coefficient (Wildman–Crippen LogP) is 4.46. The molecule has 1 aliphatic rings. The molecule has 0 saturated carbocycles. The highest BCUT2D eigenvalue weighted by molar-refractivity contribution is 7.98. The van der Waals surface area contributed by atoms with Gasteiger partial charge < -0.3 is 14.2 Å². The molecule has 5 rings (SSSR count). The molecule has 7 heteroatoms. The van der Waals surface area contributed by atoms with E-state index in [4.69, 9.17) is 4.98 Å². The molecule has 0 atom stereocenters. The Labute approximate surface area is 187 Å². The Morgan fingerprint density at radius 2 is 1.65 bits per heavy atom. The molecule has 1 aliphatic heterocycles. The topological polar surface area (TPSA) is 49.6 Å². The lowest BCUT2D eigenvalue weighted by Gasteiger charge is -2.36. The zero-order valence-corrected chi connectivity index (χ0v) is 18.9. The van der Waals surface area contributed by atoms with Crippen molar-refractivity contribution in [2.75, 3.05) is 42.2 Å². The largest absolute Gasteiger partial charge is 0.368 e. The van der Waals surface area contributed by atoms with Crippen molar-refractivity contribution in [2.24, 2.45) is 0 Å². The van der Waals surface area contributed by atoms with Crippen LogP contribution in [-0.2, 0) is 0 Å². The van der Waals surface area contributed by atoms with E-state index in [0.717, 1.165) is 48.4 Å². The number of nitrogens with zero attached hydrogens (tertiary/aromatic N) is 6. The number of imidazole rings is 1. The lowest BCUT2D eigenvalue weighted by Crippen LogP contribution is -2.47. The molecule has 0 radical (unpaired) electrons. The molecule has 158 valence electrons. The maximum Gasteiger partial charge on any atom is 0.225 e. The van der Waals surface area contributed by atoms with Crippen molar-refractivity contribution in [2.45, 2.75) is 18.7 Å². The number of hydrogen-bond acceptors (Lipinski definition) is 6. The Hall–Kier alpha value is -3.06. The molecule has 0 aliphatic carbocycles. The third kappa shape index (κ3) is 3.74. The summed E-state index contributed by atoms with van der Waals surface area (Å²) in [5, 5.41) is 0. The van der Waals surface area contributed by atoms with Gasteiger partial charge in [0.25, 0.3) is 0 Å². The number of rotatable bonds is 4. The minimum absolute atomic E-state index is 0.822. The lowest BCUT2D eigenvalue weighted by molar-refractivity contribution is 0.639. The fraction of sp³-hybridized carbons (Fsp3) is 0.292. The molecular weight excluding hydrogens is 404 g/mol. The monoisotopic (exact) mass is 430 g/mol. The van der Waals surface area contributed by atoms with Gasteiger partial charge in [-0.15, -0.1) is 11.8 Å². The Morgan fingerprint density at radius 1 is 0.903 bits per heavy atom. The fourth-order valence-corrected chi connectivity index (χ4v) is 4.49. The molecule has 0 bridgehead atoms. The van der Waals surface area contributed by atoms with E-state index in [9.17, 15) is 0 Å². The maximum atomic E-state index is 4.91. The average molecular weight is 431 g/mol. The second-order valence-corrected chi connectivity index (χ2v) is 8.75. The van der Waals surface area contributed by atoms with Gasteiger partial charge in [0.1, 0.15) is 5.65 Å². The van der Waals surface area contributed by atoms with Crippen molar-refractivity contribution >= 4 is 29.0 Å². The summed E-state index contributed by atoms with van der Waals surface area (Å²) in [6.45, 7) is 8.02. The summed E-state index contributed by atoms with van der Waals surface area (Å²) in [5.74, 6) is 0.822. The quantitative estimate of drug-likeness (QED) is 0.446. The number of aromatic nitrogens is 4. The van der Waals surface area contributed by atoms with E-state index in [0.29, 0.717) is 0 Å². The number of anilines is 2. The molecular formula is C24H26N6S. The highest BCUT2D eigenvalue weighted by atomic mass is 32.2. The van der Waals surface area contributed by atoms with Crippen LogP contribution in [0.3, 0.4) is 0 Å². The fourth-order valence-electron chi connectivity index (χ4n) is 4.18. The van der Waals surface area contributed by atoms with Crippen LogP contribution in [0, 0.1) is 13.8 Å². The third-order valence-corrected chi connectivity index (χ3v) is 6.71. The number of aryl methyl sites for hydroxylation is 2. The summed E-state index contributed by atoms with van der Waals surface area (Å²) in [7, 11) is 0. The van der Waals surface area contributed by atoms with E-state index in [1.54, 1.807) is 11.8 Å². The number of pyridine rings is 1. The van der Waals surface area contributed by atoms with Gasteiger partial charge in [-0.2, -0.15) is 0 Å². The molecule has 1 saturated heterocycles. The highest BCUT2D eigenvalue weighted by Gasteiger charge is 2.21. The second-order valence-electron chi connectivity index (χ2n) is 7.87. The van der Waals surface area contributed by atoms with Gasteiger partial charge in [-0.05, 0) is 49.9 Å². The van der Waals surface area contributed by atoms with Crippen molar-refractivity contribution in [1.82, 2.24) is 19.4 Å². The predicted molar refractivity (Wildman–Crippen MR) is 128 cm³/mol. The van der Waals surface area contributed by atoms with Crippen molar-refractivity contribution in [3.8, 4) is 11.3 Å². The molecule has 1 aromatic carbocycles. The van der Waals surface area contributed by atoms with Crippen LogP contribution in [0.4, 0.5) is 11.6 Å². The van der Waals surface area contributed by atoms with Gasteiger partial charge in [-0.3, -0.25) is 0 Å². The lowest BCUT2D eigenvalue weighted by atomic mass is 10.0. The smallest absolute Gasteiger partial charge is 0.225 e. The van der Waals surface area contributed by atoms with Crippen LogP contribution in [0.5, 0.6) is 0 Å². The van der Waals surface area contributed by atoms with Crippen LogP contribution in [-0.4, -0.2) is 51.8 Å². The SMILES string of the molecule is CSc1cnc(N2CCN(c3ccc(C)c(-c4nc5ccccn5c4C)c3)CC2)nc1. The van der Waals surface area contributed by atoms with E-state index < -0.39 is 0 Å². The second kappa shape index (κ2) is 8.23. The summed E-state index contributed by atoms with van der Waals surface area (Å²) in [6, 6.07) is 12.9. The highest BCUT2D eigenvalue weighted by Crippen LogP contribution is 2.31. The number of thioether (sulfide) groups is 1. The Morgan fingerprint density at radius 3 is 2.35 bits per heavy atom. The van der Waals surface area contributed by atoms with Crippen LogP contribution in [0.25, 0.3) is 16.9 Å². The van der Waals surface area contributed by atoms with Crippen molar-refractivity contribution in [3.05, 3.63) is 66.2 Å². The number of piperazine rings is 1. The first-order valence-corrected chi connectivity index (χ1v) is 11.8. The molecule has 0 spiro atoms. The molecule has 0 unspecified atom stereocenters. The van der Waals surface area contributed by atoms with Crippen LogP contribution >= 0.6 is 11.8 Å². The van der Waals surface area contributed by atoms with Crippen molar-refractivity contribution in [1.29, 1.82) is 0 Å². The van der Waals surface area contributed by atoms with E-state index in [-0.39, 0.29) is 0 Å². The molecule has 6 nitrogen and oxygen atoms in total. The minimum Gasteiger partial charge on any atom is -0.368 e. The zero-order valence-electron chi connectivity index (χ0n) is 18.1. The molecule has 0 N–H and O–H groups in total. The summed E-state index contributed by atoms with van der Waals surface area (Å²) < 4.78 is 2.16. The van der Waals surface area contributed by atoms with Crippen molar-refractivity contribution in [3.63, 3.8) is 0 Å². The summed E-state index contributed by atoms with van der Waals surface area (Å²) >= 11 is 1.67. The molecule has 4 aromatic rings. The Bertz CT molecular complexity index is 1210. The Balaban J connectivity index is 1.37. The van der Waals surface area contributed by atoms with Crippen LogP contribution in [0.1, 0.15) is 11.3 Å². The number of hydrogen-bond donors (Lipinski definition) is 0. The summed E-state index contributed by atoms with van der Waals surface area (Å²) in [5.41, 5.74) is 6.92. The zero-order chi connectivity index (χ0) is 21.4. The first kappa shape index (κ1) is 19.9. The van der Waals surface area contributed by atoms with Gasteiger partial charge in [-0.25, -0.2) is 15.0 Å². The third-order valence-electron chi connectivity index (χ3n) is 6.02. The van der Waals surface area contributed by atoms with Crippen LogP contribution in [0.15, 0.2) is 59.9 Å². The van der Waals surface area contributed by atoms with Gasteiger partial charge in [0.2, 0.25) is 5.95 Å². The Kier molecular flexibility index (Phi) is 5.28. The minimum atomic E-state index is 0.822. The van der Waals surface area contributed by atoms with Crippen LogP contribution < -0.4 is 9.80 Å². The number of benzene rings is 1. The molecule has 4 heterocycles. The first-order chi connectivity index (χ1) is 15.1. The van der Waals surface area contributed by atoms with Crippen molar-refractivity contribution < 1.29 is 0 Å². The van der Waals surface area contributed by atoms with E-state index in [2.05, 4.69) is 68.5 Å². The van der Waals surface area contributed by atoms with E-state index in [1.165, 1.54) is 22.5 Å². The van der Waals surface area contributed by atoms with Crippen LogP contribution in [0.2, 0.25) is 0 Å². The van der Waals surface area contributed by atoms with Gasteiger partial charge in [-0.1, -0.05) is 12.1 Å². The summed E-state index contributed by atoms with van der Waals surface area (Å²) in [4.78, 5) is 19.8. The van der Waals surface area contributed by atoms with E-state index >= 15 is 0 Å². The number of fused-ring (bicyclic) bond motifs is 1. The van der Waals surface area contributed by atoms with Gasteiger partial charge in [0, 0.05) is 66.6 Å². The standard InChI is InChI=1S/C24H26N6S/c1-17-7-8-19(14-21(17)23-18(2)30-9-5-4-6-22(30)27-23)28-10-12-29(13-11-28)24-25-15-20(31-3)16-26-24/h4-9,14-16H,10-13H2,1-3H3. The van der Waals surface area contributed by atoms with Gasteiger partial charge in [0.05, 0.1) is 5.69 Å².